The third-order valence-electron chi connectivity index (χ3n) is 6.64. The SMILES string of the molecule is N#CC1=C(N)OC2=C(C(=O)c3ccccc3C2=O)C1c1cc2ccccc2nc1N1CCOCC1. The lowest BCUT2D eigenvalue weighted by molar-refractivity contribution is 0.0897. The number of anilines is 1. The monoisotopic (exact) mass is 464 g/mol. The summed E-state index contributed by atoms with van der Waals surface area (Å²) in [5, 5.41) is 11.0. The molecule has 0 bridgehead atoms. The van der Waals surface area contributed by atoms with Crippen LogP contribution in [0.1, 0.15) is 32.2 Å². The first-order valence-electron chi connectivity index (χ1n) is 11.3. The number of para-hydroxylation sites is 1. The van der Waals surface area contributed by atoms with Crippen molar-refractivity contribution >= 4 is 28.3 Å². The lowest BCUT2D eigenvalue weighted by Crippen LogP contribution is -2.38. The molecule has 1 aromatic heterocycles. The predicted molar refractivity (Wildman–Crippen MR) is 128 cm³/mol. The van der Waals surface area contributed by atoms with Crippen LogP contribution in [0.5, 0.6) is 0 Å². The molecule has 2 aliphatic heterocycles. The third kappa shape index (κ3) is 3.21. The van der Waals surface area contributed by atoms with Crippen molar-refractivity contribution in [2.45, 2.75) is 5.92 Å². The normalized spacial score (nSPS) is 19.9. The molecule has 1 unspecified atom stereocenters. The number of morpholine rings is 1. The predicted octanol–water partition coefficient (Wildman–Crippen LogP) is 3.21. The number of hydrogen-bond acceptors (Lipinski definition) is 8. The third-order valence-corrected chi connectivity index (χ3v) is 6.64. The lowest BCUT2D eigenvalue weighted by atomic mass is 9.75. The Balaban J connectivity index is 1.63. The van der Waals surface area contributed by atoms with E-state index < -0.39 is 11.7 Å². The molecule has 0 saturated carbocycles. The fourth-order valence-electron chi connectivity index (χ4n) is 4.98. The highest BCUT2D eigenvalue weighted by molar-refractivity contribution is 6.27. The first-order chi connectivity index (χ1) is 17.1. The average Bonchev–Trinajstić information content (AvgIpc) is 2.91. The Morgan fingerprint density at radius 2 is 1.69 bits per heavy atom. The molecule has 172 valence electrons. The molecule has 6 rings (SSSR count). The average molecular weight is 464 g/mol. The van der Waals surface area contributed by atoms with Crippen LogP contribution in [0, 0.1) is 11.3 Å². The second-order valence-corrected chi connectivity index (χ2v) is 8.56. The van der Waals surface area contributed by atoms with Crippen LogP contribution < -0.4 is 10.6 Å². The maximum Gasteiger partial charge on any atom is 0.229 e. The summed E-state index contributed by atoms with van der Waals surface area (Å²) in [6, 6.07) is 18.3. The van der Waals surface area contributed by atoms with Crippen molar-refractivity contribution in [3.8, 4) is 6.07 Å². The molecule has 0 amide bonds. The Morgan fingerprint density at radius 3 is 2.43 bits per heavy atom. The Kier molecular flexibility index (Phi) is 4.87. The summed E-state index contributed by atoms with van der Waals surface area (Å²) in [6.45, 7) is 2.27. The van der Waals surface area contributed by atoms with Gasteiger partial charge in [0.25, 0.3) is 0 Å². The van der Waals surface area contributed by atoms with Gasteiger partial charge in [-0.1, -0.05) is 42.5 Å². The summed E-state index contributed by atoms with van der Waals surface area (Å²) in [5.41, 5.74) is 8.32. The fraction of sp³-hybridized carbons (Fsp3) is 0.185. The van der Waals surface area contributed by atoms with E-state index in [-0.39, 0.29) is 39.7 Å². The maximum atomic E-state index is 13.8. The number of pyridine rings is 1. The molecule has 0 spiro atoms. The molecule has 2 aromatic carbocycles. The standard InChI is InChI=1S/C27H20N4O4/c28-14-19-21(22-23(32)16-6-2-3-7-17(16)24(33)25(22)35-26(19)29)18-13-15-5-1-4-8-20(15)30-27(18)31-9-11-34-12-10-31/h1-8,13,21H,9-12,29H2. The molecular weight excluding hydrogens is 444 g/mol. The van der Waals surface area contributed by atoms with Gasteiger partial charge in [-0.3, -0.25) is 9.59 Å². The van der Waals surface area contributed by atoms with Gasteiger partial charge in [-0.25, -0.2) is 4.98 Å². The van der Waals surface area contributed by atoms with Crippen LogP contribution in [0.2, 0.25) is 0 Å². The number of nitrogens with zero attached hydrogens (tertiary/aromatic N) is 3. The van der Waals surface area contributed by atoms with E-state index in [0.29, 0.717) is 37.7 Å². The minimum Gasteiger partial charge on any atom is -0.436 e. The van der Waals surface area contributed by atoms with Crippen LogP contribution in [0.15, 0.2) is 77.4 Å². The summed E-state index contributed by atoms with van der Waals surface area (Å²) in [6.07, 6.45) is 0. The number of nitriles is 1. The number of Topliss-reactive ketones (excluding diaryl/α,β-unsaturated/α-hetero) is 2. The van der Waals surface area contributed by atoms with Crippen molar-refractivity contribution in [3.05, 3.63) is 94.1 Å². The summed E-state index contributed by atoms with van der Waals surface area (Å²) in [7, 11) is 0. The molecular formula is C27H20N4O4. The number of fused-ring (bicyclic) bond motifs is 2. The molecule has 2 N–H and O–H groups in total. The van der Waals surface area contributed by atoms with Crippen LogP contribution in [0.4, 0.5) is 5.82 Å². The van der Waals surface area contributed by atoms with E-state index in [4.69, 9.17) is 20.2 Å². The van der Waals surface area contributed by atoms with E-state index >= 15 is 0 Å². The number of nitrogens with two attached hydrogens (primary N) is 1. The topological polar surface area (TPSA) is 119 Å². The molecule has 8 heteroatoms. The van der Waals surface area contributed by atoms with Crippen LogP contribution in [0.3, 0.4) is 0 Å². The molecule has 35 heavy (non-hydrogen) atoms. The maximum absolute atomic E-state index is 13.8. The van der Waals surface area contributed by atoms with E-state index in [0.717, 1.165) is 10.9 Å². The second-order valence-electron chi connectivity index (χ2n) is 8.56. The number of benzene rings is 2. The summed E-state index contributed by atoms with van der Waals surface area (Å²) in [5.74, 6) is -1.37. The van der Waals surface area contributed by atoms with Crippen LogP contribution in [-0.4, -0.2) is 42.9 Å². The first-order valence-corrected chi connectivity index (χ1v) is 11.3. The van der Waals surface area contributed by atoms with E-state index in [2.05, 4.69) is 11.0 Å². The second kappa shape index (κ2) is 8.08. The van der Waals surface area contributed by atoms with E-state index in [9.17, 15) is 14.9 Å². The van der Waals surface area contributed by atoms with Gasteiger partial charge in [-0.05, 0) is 12.1 Å². The quantitative estimate of drug-likeness (QED) is 0.614. The number of rotatable bonds is 2. The van der Waals surface area contributed by atoms with Crippen LogP contribution in [-0.2, 0) is 9.47 Å². The van der Waals surface area contributed by atoms with Gasteiger partial charge in [-0.15, -0.1) is 0 Å². The number of carbonyl (C=O) groups excluding carboxylic acids is 2. The Hall–Kier alpha value is -4.48. The van der Waals surface area contributed by atoms with Crippen LogP contribution in [0.25, 0.3) is 10.9 Å². The zero-order valence-corrected chi connectivity index (χ0v) is 18.7. The number of carbonyl (C=O) groups is 2. The van der Waals surface area contributed by atoms with Gasteiger partial charge in [0.1, 0.15) is 17.5 Å². The number of aromatic nitrogens is 1. The first kappa shape index (κ1) is 21.1. The highest BCUT2D eigenvalue weighted by Gasteiger charge is 2.45. The minimum absolute atomic E-state index is 0.0795. The smallest absolute Gasteiger partial charge is 0.229 e. The molecule has 3 aliphatic rings. The number of ketones is 2. The van der Waals surface area contributed by atoms with Gasteiger partial charge in [0.2, 0.25) is 11.7 Å². The van der Waals surface area contributed by atoms with Crippen molar-refractivity contribution in [1.29, 1.82) is 5.26 Å². The van der Waals surface area contributed by atoms with Crippen molar-refractivity contribution < 1.29 is 19.1 Å². The Labute approximate surface area is 200 Å². The van der Waals surface area contributed by atoms with Crippen molar-refractivity contribution in [1.82, 2.24) is 4.98 Å². The van der Waals surface area contributed by atoms with E-state index in [1.165, 1.54) is 0 Å². The molecule has 1 saturated heterocycles. The van der Waals surface area contributed by atoms with Crippen molar-refractivity contribution in [2.75, 3.05) is 31.2 Å². The molecule has 3 heterocycles. The fourth-order valence-corrected chi connectivity index (χ4v) is 4.98. The van der Waals surface area contributed by atoms with Crippen LogP contribution >= 0.6 is 0 Å². The van der Waals surface area contributed by atoms with Gasteiger partial charge in [0.05, 0.1) is 30.2 Å². The number of ether oxygens (including phenoxy) is 2. The van der Waals surface area contributed by atoms with Gasteiger partial charge in [0.15, 0.2) is 11.5 Å². The summed E-state index contributed by atoms with van der Waals surface area (Å²) < 4.78 is 11.2. The molecule has 1 fully saturated rings. The summed E-state index contributed by atoms with van der Waals surface area (Å²) >= 11 is 0. The zero-order chi connectivity index (χ0) is 24.1. The molecule has 1 aliphatic carbocycles. The molecule has 1 atom stereocenters. The highest BCUT2D eigenvalue weighted by Crippen LogP contribution is 2.46. The molecule has 0 radical (unpaired) electrons. The highest BCUT2D eigenvalue weighted by atomic mass is 16.5. The largest absolute Gasteiger partial charge is 0.436 e. The van der Waals surface area contributed by atoms with Gasteiger partial charge < -0.3 is 20.1 Å². The van der Waals surface area contributed by atoms with E-state index in [1.807, 2.05) is 30.3 Å². The van der Waals surface area contributed by atoms with Gasteiger partial charge in [-0.2, -0.15) is 5.26 Å². The zero-order valence-electron chi connectivity index (χ0n) is 18.7. The number of allylic oxidation sites excluding steroid dienone is 3. The summed E-state index contributed by atoms with van der Waals surface area (Å²) in [4.78, 5) is 34.2. The Bertz CT molecular complexity index is 1530. The number of hydrogen-bond donors (Lipinski definition) is 1. The van der Waals surface area contributed by atoms with Gasteiger partial charge >= 0.3 is 0 Å². The van der Waals surface area contributed by atoms with Crippen molar-refractivity contribution in [3.63, 3.8) is 0 Å². The lowest BCUT2D eigenvalue weighted by Gasteiger charge is -2.35. The van der Waals surface area contributed by atoms with Gasteiger partial charge in [0, 0.05) is 35.2 Å². The Morgan fingerprint density at radius 1 is 1.00 bits per heavy atom. The molecule has 8 nitrogen and oxygen atoms in total. The minimum atomic E-state index is -0.900. The molecule has 3 aromatic rings. The van der Waals surface area contributed by atoms with Crippen molar-refractivity contribution in [2.24, 2.45) is 5.73 Å². The van der Waals surface area contributed by atoms with E-state index in [1.54, 1.807) is 24.3 Å².